The first kappa shape index (κ1) is 29.0. The molecule has 12 nitrogen and oxygen atoms in total. The van der Waals surface area contributed by atoms with Crippen molar-refractivity contribution in [3.05, 3.63) is 36.2 Å². The number of para-hydroxylation sites is 2. The SMILES string of the molecule is CCN(C(=O)O)[C@@H]1CCN(C2CCC(Oc3cc(-n4c(C(F)F)nc5ccccc54)nc(N4CCOCC4)n3)CC2)C1=O. The number of likely N-dealkylation sites (tertiary alicyclic amines) is 1. The predicted octanol–water partition coefficient (Wildman–Crippen LogP) is 3.88. The quantitative estimate of drug-likeness (QED) is 0.411. The molecule has 2 aliphatic heterocycles. The van der Waals surface area contributed by atoms with Crippen molar-refractivity contribution in [3.8, 4) is 11.7 Å². The third-order valence-corrected chi connectivity index (χ3v) is 8.53. The Morgan fingerprint density at radius 1 is 1.09 bits per heavy atom. The lowest BCUT2D eigenvalue weighted by Crippen LogP contribution is -2.47. The lowest BCUT2D eigenvalue weighted by atomic mass is 9.92. The summed E-state index contributed by atoms with van der Waals surface area (Å²) in [6.45, 7) is 4.66. The predicted molar refractivity (Wildman–Crippen MR) is 152 cm³/mol. The maximum absolute atomic E-state index is 14.2. The number of alkyl halides is 2. The molecule has 1 aliphatic carbocycles. The Hall–Kier alpha value is -4.07. The van der Waals surface area contributed by atoms with E-state index in [0.717, 1.165) is 0 Å². The van der Waals surface area contributed by atoms with Crippen molar-refractivity contribution in [1.82, 2.24) is 29.3 Å². The van der Waals surface area contributed by atoms with Crippen LogP contribution in [0.15, 0.2) is 30.3 Å². The van der Waals surface area contributed by atoms with E-state index in [1.807, 2.05) is 9.80 Å². The number of nitrogens with zero attached hydrogens (tertiary/aromatic N) is 7. The van der Waals surface area contributed by atoms with Gasteiger partial charge in [0.25, 0.3) is 6.43 Å². The summed E-state index contributed by atoms with van der Waals surface area (Å²) in [5.74, 6) is 0.362. The summed E-state index contributed by atoms with van der Waals surface area (Å²) in [6.07, 6.45) is -0.851. The molecule has 230 valence electrons. The molecule has 14 heteroatoms. The zero-order valence-electron chi connectivity index (χ0n) is 23.9. The van der Waals surface area contributed by atoms with E-state index in [1.165, 1.54) is 9.47 Å². The number of ether oxygens (including phenoxy) is 2. The standard InChI is InChI=1S/C29H35F2N7O5/c1-2-36(29(40)41)22-11-12-37(27(22)39)18-7-9-19(10-8-18)43-24-17-23(33-28(34-24)35-13-15-42-16-14-35)38-21-6-4-3-5-20(21)32-26(38)25(30)31/h3-6,17-19,22,25H,2,7-16H2,1H3,(H,40,41)/t18?,19?,22-/m1/s1. The van der Waals surface area contributed by atoms with Crippen molar-refractivity contribution in [2.75, 3.05) is 44.3 Å². The van der Waals surface area contributed by atoms with E-state index in [9.17, 15) is 23.5 Å². The molecule has 6 rings (SSSR count). The molecule has 3 aromatic rings. The number of carboxylic acid groups (broad SMARTS) is 1. The van der Waals surface area contributed by atoms with Gasteiger partial charge in [-0.3, -0.25) is 14.3 Å². The molecule has 2 aromatic heterocycles. The Bertz CT molecular complexity index is 1470. The number of anilines is 1. The van der Waals surface area contributed by atoms with Crippen molar-refractivity contribution in [1.29, 1.82) is 0 Å². The van der Waals surface area contributed by atoms with Gasteiger partial charge in [-0.05, 0) is 51.2 Å². The van der Waals surface area contributed by atoms with Crippen molar-refractivity contribution < 1.29 is 33.0 Å². The van der Waals surface area contributed by atoms with Gasteiger partial charge in [-0.15, -0.1) is 0 Å². The maximum atomic E-state index is 14.2. The normalized spacial score (nSPS) is 22.9. The molecule has 43 heavy (non-hydrogen) atoms. The van der Waals surface area contributed by atoms with Crippen molar-refractivity contribution in [2.45, 2.75) is 63.6 Å². The summed E-state index contributed by atoms with van der Waals surface area (Å²) in [6, 6.07) is 7.90. The Morgan fingerprint density at radius 2 is 1.84 bits per heavy atom. The van der Waals surface area contributed by atoms with Gasteiger partial charge >= 0.3 is 6.09 Å². The van der Waals surface area contributed by atoms with Gasteiger partial charge in [-0.1, -0.05) is 12.1 Å². The highest BCUT2D eigenvalue weighted by atomic mass is 19.3. The first-order valence-electron chi connectivity index (χ1n) is 14.8. The molecule has 3 fully saturated rings. The van der Waals surface area contributed by atoms with Crippen molar-refractivity contribution >= 4 is 29.0 Å². The number of halogens is 2. The molecular formula is C29H35F2N7O5. The number of carbonyl (C=O) groups is 2. The van der Waals surface area contributed by atoms with E-state index in [2.05, 4.69) is 15.0 Å². The minimum atomic E-state index is -2.82. The van der Waals surface area contributed by atoms with Crippen LogP contribution in [0.4, 0.5) is 19.5 Å². The smallest absolute Gasteiger partial charge is 0.407 e. The first-order chi connectivity index (χ1) is 20.8. The summed E-state index contributed by atoms with van der Waals surface area (Å²) in [5, 5.41) is 9.48. The van der Waals surface area contributed by atoms with Gasteiger partial charge in [0.1, 0.15) is 18.0 Å². The minimum Gasteiger partial charge on any atom is -0.474 e. The van der Waals surface area contributed by atoms with Crippen LogP contribution in [0.25, 0.3) is 16.9 Å². The summed E-state index contributed by atoms with van der Waals surface area (Å²) >= 11 is 0. The molecule has 0 bridgehead atoms. The third-order valence-electron chi connectivity index (χ3n) is 8.53. The highest BCUT2D eigenvalue weighted by molar-refractivity contribution is 5.87. The Kier molecular flexibility index (Phi) is 8.28. The zero-order chi connectivity index (χ0) is 30.1. The van der Waals surface area contributed by atoms with E-state index in [1.54, 1.807) is 37.3 Å². The second kappa shape index (κ2) is 12.3. The number of rotatable bonds is 8. The maximum Gasteiger partial charge on any atom is 0.407 e. The monoisotopic (exact) mass is 599 g/mol. The average molecular weight is 600 g/mol. The summed E-state index contributed by atoms with van der Waals surface area (Å²) in [5.41, 5.74) is 0.947. The van der Waals surface area contributed by atoms with E-state index in [-0.39, 0.29) is 36.3 Å². The first-order valence-corrected chi connectivity index (χ1v) is 14.8. The van der Waals surface area contributed by atoms with E-state index < -0.39 is 24.4 Å². The van der Waals surface area contributed by atoms with Crippen LogP contribution in [0, 0.1) is 0 Å². The molecule has 1 saturated carbocycles. The highest BCUT2D eigenvalue weighted by Crippen LogP contribution is 2.33. The molecule has 3 aliphatic rings. The van der Waals surface area contributed by atoms with Gasteiger partial charge in [0.05, 0.1) is 24.2 Å². The third kappa shape index (κ3) is 5.79. The number of benzene rings is 1. The fourth-order valence-corrected chi connectivity index (χ4v) is 6.39. The van der Waals surface area contributed by atoms with Crippen LogP contribution in [-0.4, -0.2) is 104 Å². The average Bonchev–Trinajstić information content (AvgIpc) is 3.59. The Labute approximate surface area is 247 Å². The molecule has 2 saturated heterocycles. The summed E-state index contributed by atoms with van der Waals surface area (Å²) < 4.78 is 41.5. The molecule has 1 atom stereocenters. The van der Waals surface area contributed by atoms with Crippen LogP contribution in [0.1, 0.15) is 51.3 Å². The van der Waals surface area contributed by atoms with Gasteiger partial charge in [0.2, 0.25) is 17.7 Å². The number of amides is 2. The largest absolute Gasteiger partial charge is 0.474 e. The number of carbonyl (C=O) groups excluding carboxylic acids is 1. The topological polar surface area (TPSA) is 126 Å². The van der Waals surface area contributed by atoms with Crippen LogP contribution in [0.2, 0.25) is 0 Å². The van der Waals surface area contributed by atoms with Crippen molar-refractivity contribution in [3.63, 3.8) is 0 Å². The fourth-order valence-electron chi connectivity index (χ4n) is 6.39. The second-order valence-electron chi connectivity index (χ2n) is 11.0. The molecule has 0 radical (unpaired) electrons. The number of aromatic nitrogens is 4. The number of hydrogen-bond donors (Lipinski definition) is 1. The number of likely N-dealkylation sites (N-methyl/N-ethyl adjacent to an activating group) is 1. The number of fused-ring (bicyclic) bond motifs is 1. The Balaban J connectivity index is 1.22. The summed E-state index contributed by atoms with van der Waals surface area (Å²) in [7, 11) is 0. The van der Waals surface area contributed by atoms with Crippen LogP contribution in [0.3, 0.4) is 0 Å². The number of imidazole rings is 1. The second-order valence-corrected chi connectivity index (χ2v) is 11.0. The van der Waals surface area contributed by atoms with Gasteiger partial charge in [0, 0.05) is 38.3 Å². The zero-order valence-corrected chi connectivity index (χ0v) is 23.9. The van der Waals surface area contributed by atoms with Gasteiger partial charge in [-0.2, -0.15) is 9.97 Å². The number of morpholine rings is 1. The van der Waals surface area contributed by atoms with Crippen LogP contribution in [0.5, 0.6) is 5.88 Å². The van der Waals surface area contributed by atoms with Gasteiger partial charge < -0.3 is 24.4 Å². The fraction of sp³-hybridized carbons (Fsp3) is 0.552. The lowest BCUT2D eigenvalue weighted by molar-refractivity contribution is -0.134. The van der Waals surface area contributed by atoms with E-state index >= 15 is 0 Å². The molecule has 4 heterocycles. The van der Waals surface area contributed by atoms with Crippen LogP contribution >= 0.6 is 0 Å². The molecular weight excluding hydrogens is 564 g/mol. The summed E-state index contributed by atoms with van der Waals surface area (Å²) in [4.78, 5) is 43.2. The van der Waals surface area contributed by atoms with Gasteiger partial charge in [0.15, 0.2) is 5.82 Å². The van der Waals surface area contributed by atoms with E-state index in [4.69, 9.17) is 9.47 Å². The number of hydrogen-bond acceptors (Lipinski definition) is 8. The molecule has 0 unspecified atom stereocenters. The van der Waals surface area contributed by atoms with Gasteiger partial charge in [-0.25, -0.2) is 18.6 Å². The lowest BCUT2D eigenvalue weighted by Gasteiger charge is -2.35. The molecule has 1 aromatic carbocycles. The van der Waals surface area contributed by atoms with E-state index in [0.29, 0.717) is 81.9 Å². The highest BCUT2D eigenvalue weighted by Gasteiger charge is 2.41. The molecule has 2 amide bonds. The van der Waals surface area contributed by atoms with Crippen LogP contribution in [-0.2, 0) is 9.53 Å². The molecule has 1 N–H and O–H groups in total. The van der Waals surface area contributed by atoms with Crippen LogP contribution < -0.4 is 9.64 Å². The Morgan fingerprint density at radius 3 is 2.53 bits per heavy atom. The minimum absolute atomic E-state index is 0.0145. The van der Waals surface area contributed by atoms with Crippen molar-refractivity contribution in [2.24, 2.45) is 0 Å². The molecule has 0 spiro atoms.